The van der Waals surface area contributed by atoms with Crippen LogP contribution in [0.5, 0.6) is 5.75 Å². The first kappa shape index (κ1) is 31.0. The van der Waals surface area contributed by atoms with Gasteiger partial charge in [0.1, 0.15) is 12.3 Å². The van der Waals surface area contributed by atoms with Gasteiger partial charge < -0.3 is 10.5 Å². The lowest BCUT2D eigenvalue weighted by atomic mass is 9.93. The Bertz CT molecular complexity index is 1770. The number of pyridine rings is 2. The molecule has 0 fully saturated rings. The fraction of sp³-hybridized carbons (Fsp3) is 0.321. The Labute approximate surface area is 250 Å². The SMILES string of the molecule is CC1(C)Oc2cc(-c3c(C(N)=O)c(CCC(F)(F)F)nc4c3cnn4CC(F)(F)F)ccc2N(Cc2ccc(Cl)cn2)C1=O. The standard InChI is InChI=1S/C28H23ClF6N6O3/c1-26(2)25(43)40(12-16-5-4-15(29)10-37-16)19-6-3-14(9-20(19)44-26)21-17-11-38-41(13-28(33,34)35)24(17)39-18(22(21)23(36)42)7-8-27(30,31)32/h3-6,9-11H,7-8,12-13H2,1-2H3,(H2,36,42). The van der Waals surface area contributed by atoms with E-state index in [1.165, 1.54) is 43.1 Å². The van der Waals surface area contributed by atoms with E-state index in [9.17, 15) is 35.9 Å². The van der Waals surface area contributed by atoms with Crippen LogP contribution in [0.2, 0.25) is 5.02 Å². The molecular weight excluding hydrogens is 618 g/mol. The highest BCUT2D eigenvalue weighted by atomic mass is 35.5. The molecule has 0 radical (unpaired) electrons. The summed E-state index contributed by atoms with van der Waals surface area (Å²) in [5.74, 6) is -1.39. The number of anilines is 1. The maximum absolute atomic E-state index is 13.4. The highest BCUT2D eigenvalue weighted by molar-refractivity contribution is 6.30. The third kappa shape index (κ3) is 6.27. The molecule has 0 atom stereocenters. The number of carbonyl (C=O) groups is 2. The number of primary amides is 1. The monoisotopic (exact) mass is 640 g/mol. The fourth-order valence-electron chi connectivity index (χ4n) is 4.97. The van der Waals surface area contributed by atoms with Crippen LogP contribution in [0.3, 0.4) is 0 Å². The van der Waals surface area contributed by atoms with Gasteiger partial charge in [-0.25, -0.2) is 9.67 Å². The number of nitrogens with two attached hydrogens (primary N) is 1. The Morgan fingerprint density at radius 1 is 1.07 bits per heavy atom. The number of hydrogen-bond donors (Lipinski definition) is 1. The van der Waals surface area contributed by atoms with Crippen LogP contribution in [0.25, 0.3) is 22.2 Å². The van der Waals surface area contributed by atoms with E-state index >= 15 is 0 Å². The summed E-state index contributed by atoms with van der Waals surface area (Å²) < 4.78 is 86.0. The van der Waals surface area contributed by atoms with Gasteiger partial charge in [-0.3, -0.25) is 19.5 Å². The zero-order valence-corrected chi connectivity index (χ0v) is 23.8. The number of carbonyl (C=O) groups excluding carboxylic acids is 2. The maximum atomic E-state index is 13.4. The van der Waals surface area contributed by atoms with Crippen LogP contribution in [0.15, 0.2) is 42.7 Å². The van der Waals surface area contributed by atoms with E-state index in [1.54, 1.807) is 12.1 Å². The highest BCUT2D eigenvalue weighted by Gasteiger charge is 2.41. The molecule has 1 aliphatic heterocycles. The summed E-state index contributed by atoms with van der Waals surface area (Å²) in [7, 11) is 0. The predicted octanol–water partition coefficient (Wildman–Crippen LogP) is 6.01. The van der Waals surface area contributed by atoms with Crippen LogP contribution in [0.1, 0.15) is 42.0 Å². The van der Waals surface area contributed by atoms with Gasteiger partial charge in [-0.15, -0.1) is 0 Å². The van der Waals surface area contributed by atoms with E-state index in [2.05, 4.69) is 15.1 Å². The first-order valence-electron chi connectivity index (χ1n) is 13.0. The normalized spacial score (nSPS) is 14.9. The second-order valence-corrected chi connectivity index (χ2v) is 11.0. The molecule has 0 spiro atoms. The quantitative estimate of drug-likeness (QED) is 0.248. The van der Waals surface area contributed by atoms with Crippen LogP contribution in [-0.2, 0) is 24.3 Å². The Balaban J connectivity index is 1.70. The Morgan fingerprint density at radius 3 is 2.41 bits per heavy atom. The van der Waals surface area contributed by atoms with Crippen molar-refractivity contribution in [3.05, 3.63) is 64.7 Å². The molecule has 5 rings (SSSR count). The number of aromatic nitrogens is 4. The van der Waals surface area contributed by atoms with E-state index in [-0.39, 0.29) is 34.5 Å². The van der Waals surface area contributed by atoms with Gasteiger partial charge in [-0.1, -0.05) is 17.7 Å². The number of aryl methyl sites for hydroxylation is 1. The smallest absolute Gasteiger partial charge is 0.408 e. The van der Waals surface area contributed by atoms with Gasteiger partial charge in [0, 0.05) is 23.6 Å². The first-order chi connectivity index (χ1) is 20.4. The van der Waals surface area contributed by atoms with Crippen molar-refractivity contribution >= 4 is 40.1 Å². The molecule has 3 aromatic heterocycles. The van der Waals surface area contributed by atoms with Gasteiger partial charge in [0.05, 0.1) is 40.4 Å². The lowest BCUT2D eigenvalue weighted by molar-refractivity contribution is -0.142. The summed E-state index contributed by atoms with van der Waals surface area (Å²) in [6.07, 6.45) is -9.15. The van der Waals surface area contributed by atoms with Crippen molar-refractivity contribution in [2.24, 2.45) is 5.73 Å². The molecule has 1 aliphatic rings. The molecule has 0 saturated carbocycles. The number of hydrogen-bond acceptors (Lipinski definition) is 6. The van der Waals surface area contributed by atoms with Crippen LogP contribution < -0.4 is 15.4 Å². The molecule has 2 N–H and O–H groups in total. The Hall–Kier alpha value is -4.40. The molecule has 0 unspecified atom stereocenters. The maximum Gasteiger partial charge on any atom is 0.408 e. The highest BCUT2D eigenvalue weighted by Crippen LogP contribution is 2.43. The van der Waals surface area contributed by atoms with Crippen LogP contribution in [0, 0.1) is 0 Å². The van der Waals surface area contributed by atoms with Crippen molar-refractivity contribution in [3.8, 4) is 16.9 Å². The van der Waals surface area contributed by atoms with Gasteiger partial charge in [-0.05, 0) is 50.1 Å². The van der Waals surface area contributed by atoms with E-state index in [1.807, 2.05) is 0 Å². The average molecular weight is 641 g/mol. The molecule has 4 aromatic rings. The topological polar surface area (TPSA) is 116 Å². The number of rotatable bonds is 7. The number of nitrogens with zero attached hydrogens (tertiary/aromatic N) is 5. The number of ether oxygens (including phenoxy) is 1. The molecule has 1 aromatic carbocycles. The van der Waals surface area contributed by atoms with E-state index in [0.29, 0.717) is 21.1 Å². The van der Waals surface area contributed by atoms with Gasteiger partial charge in [0.15, 0.2) is 11.2 Å². The number of benzene rings is 1. The van der Waals surface area contributed by atoms with Crippen molar-refractivity contribution in [1.29, 1.82) is 0 Å². The lowest BCUT2D eigenvalue weighted by Crippen LogP contribution is -2.52. The summed E-state index contributed by atoms with van der Waals surface area (Å²) in [6, 6.07) is 7.62. The van der Waals surface area contributed by atoms with E-state index in [4.69, 9.17) is 22.1 Å². The number of amides is 2. The number of alkyl halides is 6. The minimum Gasteiger partial charge on any atom is -0.476 e. The lowest BCUT2D eigenvalue weighted by Gasteiger charge is -2.39. The molecule has 0 bridgehead atoms. The molecule has 4 heterocycles. The average Bonchev–Trinajstić information content (AvgIpc) is 3.29. The molecule has 0 saturated heterocycles. The summed E-state index contributed by atoms with van der Waals surface area (Å²) in [6.45, 7) is 1.52. The van der Waals surface area contributed by atoms with Crippen molar-refractivity contribution in [1.82, 2.24) is 19.7 Å². The van der Waals surface area contributed by atoms with Crippen molar-refractivity contribution < 1.29 is 40.7 Å². The van der Waals surface area contributed by atoms with E-state index in [0.717, 1.165) is 6.20 Å². The van der Waals surface area contributed by atoms with Crippen LogP contribution in [0.4, 0.5) is 32.0 Å². The molecule has 9 nitrogen and oxygen atoms in total. The second kappa shape index (κ2) is 10.9. The van der Waals surface area contributed by atoms with Gasteiger partial charge in [0.25, 0.3) is 11.8 Å². The molecule has 232 valence electrons. The zero-order valence-electron chi connectivity index (χ0n) is 23.1. The molecule has 2 amide bonds. The number of halogens is 7. The number of fused-ring (bicyclic) bond motifs is 2. The fourth-order valence-corrected chi connectivity index (χ4v) is 5.09. The van der Waals surface area contributed by atoms with Crippen molar-refractivity contribution in [3.63, 3.8) is 0 Å². The summed E-state index contributed by atoms with van der Waals surface area (Å²) in [4.78, 5) is 35.8. The van der Waals surface area contributed by atoms with Gasteiger partial charge >= 0.3 is 12.4 Å². The minimum absolute atomic E-state index is 0.0347. The van der Waals surface area contributed by atoms with Crippen LogP contribution >= 0.6 is 11.6 Å². The van der Waals surface area contributed by atoms with Gasteiger partial charge in [0.2, 0.25) is 0 Å². The Morgan fingerprint density at radius 2 is 1.80 bits per heavy atom. The summed E-state index contributed by atoms with van der Waals surface area (Å²) in [5.41, 5.74) is 3.95. The third-order valence-corrected chi connectivity index (χ3v) is 7.08. The van der Waals surface area contributed by atoms with Crippen molar-refractivity contribution in [2.45, 2.75) is 57.7 Å². The molecule has 44 heavy (non-hydrogen) atoms. The van der Waals surface area contributed by atoms with Crippen molar-refractivity contribution in [2.75, 3.05) is 4.90 Å². The van der Waals surface area contributed by atoms with Crippen LogP contribution in [-0.4, -0.2) is 49.5 Å². The Kier molecular flexibility index (Phi) is 7.72. The summed E-state index contributed by atoms with van der Waals surface area (Å²) >= 11 is 5.93. The molecular formula is C28H23ClF6N6O3. The van der Waals surface area contributed by atoms with Gasteiger partial charge in [-0.2, -0.15) is 31.4 Å². The zero-order chi connectivity index (χ0) is 32.2. The predicted molar refractivity (Wildman–Crippen MR) is 147 cm³/mol. The molecule has 0 aliphatic carbocycles. The first-order valence-corrected chi connectivity index (χ1v) is 13.4. The minimum atomic E-state index is -4.73. The molecule has 16 heteroatoms. The largest absolute Gasteiger partial charge is 0.476 e. The third-order valence-electron chi connectivity index (χ3n) is 6.85. The summed E-state index contributed by atoms with van der Waals surface area (Å²) in [5, 5.41) is 4.11. The second-order valence-electron chi connectivity index (χ2n) is 10.6. The van der Waals surface area contributed by atoms with E-state index < -0.39 is 60.4 Å².